The first kappa shape index (κ1) is 14.8. The third-order valence-corrected chi connectivity index (χ3v) is 3.32. The second-order valence-corrected chi connectivity index (χ2v) is 4.91. The minimum absolute atomic E-state index is 0.0137. The molecule has 1 unspecified atom stereocenters. The molecule has 1 amide bonds. The Hall–Kier alpha value is -1.56. The van der Waals surface area contributed by atoms with Crippen LogP contribution in [0, 0.1) is 0 Å². The third-order valence-electron chi connectivity index (χ3n) is 3.32. The van der Waals surface area contributed by atoms with E-state index in [2.05, 4.69) is 10.6 Å². The molecule has 20 heavy (non-hydrogen) atoms. The molecular weight excluding hydrogens is 269 g/mol. The van der Waals surface area contributed by atoms with Crippen molar-refractivity contribution in [2.45, 2.75) is 37.9 Å². The third kappa shape index (κ3) is 4.23. The molecule has 0 saturated carbocycles. The molecule has 2 rings (SSSR count). The summed E-state index contributed by atoms with van der Waals surface area (Å²) in [5, 5.41) is 5.71. The highest BCUT2D eigenvalue weighted by Crippen LogP contribution is 2.22. The van der Waals surface area contributed by atoms with Crippen LogP contribution in [-0.4, -0.2) is 24.7 Å². The van der Waals surface area contributed by atoms with Gasteiger partial charge in [0.15, 0.2) is 0 Å². The lowest BCUT2D eigenvalue weighted by atomic mass is 10.1. The molecule has 1 heterocycles. The molecule has 6 heteroatoms. The Bertz CT molecular complexity index is 474. The number of hydrogen-bond acceptors (Lipinski definition) is 2. The number of aryl methyl sites for hydroxylation is 1. The zero-order valence-corrected chi connectivity index (χ0v) is 11.0. The molecular formula is C14H17F3N2O. The fourth-order valence-corrected chi connectivity index (χ4v) is 2.27. The molecule has 1 aliphatic rings. The Labute approximate surface area is 115 Å². The molecule has 0 fully saturated rings. The van der Waals surface area contributed by atoms with Gasteiger partial charge in [-0.05, 0) is 37.4 Å². The van der Waals surface area contributed by atoms with E-state index in [1.807, 2.05) is 24.3 Å². The van der Waals surface area contributed by atoms with Crippen LogP contribution in [0.5, 0.6) is 0 Å². The summed E-state index contributed by atoms with van der Waals surface area (Å²) in [6.45, 7) is 0.188. The highest BCUT2D eigenvalue weighted by atomic mass is 19.4. The number of fused-ring (bicyclic) bond motifs is 1. The maximum Gasteiger partial charge on any atom is 0.389 e. The van der Waals surface area contributed by atoms with Crippen molar-refractivity contribution in [2.75, 3.05) is 11.9 Å². The van der Waals surface area contributed by atoms with E-state index in [4.69, 9.17) is 0 Å². The fraction of sp³-hybridized carbons (Fsp3) is 0.500. The van der Waals surface area contributed by atoms with Crippen molar-refractivity contribution in [1.29, 1.82) is 0 Å². The lowest BCUT2D eigenvalue weighted by Crippen LogP contribution is -2.40. The predicted molar refractivity (Wildman–Crippen MR) is 70.5 cm³/mol. The van der Waals surface area contributed by atoms with Gasteiger partial charge in [0.1, 0.15) is 0 Å². The van der Waals surface area contributed by atoms with E-state index in [-0.39, 0.29) is 18.9 Å². The smallest absolute Gasteiger partial charge is 0.324 e. The van der Waals surface area contributed by atoms with Crippen LogP contribution in [0.25, 0.3) is 0 Å². The summed E-state index contributed by atoms with van der Waals surface area (Å²) in [4.78, 5) is 12.0. The van der Waals surface area contributed by atoms with E-state index in [0.717, 1.165) is 17.7 Å². The Balaban J connectivity index is 1.84. The second-order valence-electron chi connectivity index (χ2n) is 4.91. The van der Waals surface area contributed by atoms with Crippen molar-refractivity contribution in [3.05, 3.63) is 29.8 Å². The summed E-state index contributed by atoms with van der Waals surface area (Å²) in [6.07, 6.45) is -3.65. The zero-order valence-electron chi connectivity index (χ0n) is 11.0. The van der Waals surface area contributed by atoms with Crippen LogP contribution >= 0.6 is 0 Å². The molecule has 0 aliphatic carbocycles. The number of benzene rings is 1. The van der Waals surface area contributed by atoms with Gasteiger partial charge in [-0.3, -0.25) is 4.79 Å². The molecule has 1 aromatic carbocycles. The Morgan fingerprint density at radius 1 is 1.30 bits per heavy atom. The van der Waals surface area contributed by atoms with Gasteiger partial charge in [-0.15, -0.1) is 0 Å². The number of para-hydroxylation sites is 1. The molecule has 1 aromatic rings. The number of carbonyl (C=O) groups excluding carboxylic acids is 1. The number of rotatable bonds is 4. The van der Waals surface area contributed by atoms with Crippen LogP contribution in [0.4, 0.5) is 18.9 Å². The molecule has 0 saturated heterocycles. The maximum absolute atomic E-state index is 12.0. The van der Waals surface area contributed by atoms with Gasteiger partial charge < -0.3 is 10.6 Å². The first-order valence-electron chi connectivity index (χ1n) is 6.64. The number of halogens is 3. The largest absolute Gasteiger partial charge is 0.389 e. The van der Waals surface area contributed by atoms with E-state index < -0.39 is 18.6 Å². The van der Waals surface area contributed by atoms with Crippen LogP contribution in [0.1, 0.15) is 24.8 Å². The SMILES string of the molecule is O=C1Nc2ccccc2CCC1NCCCC(F)(F)F. The van der Waals surface area contributed by atoms with Gasteiger partial charge in [0.05, 0.1) is 6.04 Å². The molecule has 0 aromatic heterocycles. The molecule has 1 aliphatic heterocycles. The van der Waals surface area contributed by atoms with Gasteiger partial charge in [0.2, 0.25) is 5.91 Å². The van der Waals surface area contributed by atoms with E-state index >= 15 is 0 Å². The van der Waals surface area contributed by atoms with E-state index in [9.17, 15) is 18.0 Å². The number of anilines is 1. The Morgan fingerprint density at radius 2 is 2.05 bits per heavy atom. The zero-order chi connectivity index (χ0) is 14.6. The fourth-order valence-electron chi connectivity index (χ4n) is 2.27. The number of alkyl halides is 3. The molecule has 110 valence electrons. The van der Waals surface area contributed by atoms with Gasteiger partial charge in [-0.25, -0.2) is 0 Å². The maximum atomic E-state index is 12.0. The monoisotopic (exact) mass is 286 g/mol. The van der Waals surface area contributed by atoms with E-state index in [0.29, 0.717) is 6.42 Å². The molecule has 1 atom stereocenters. The average molecular weight is 286 g/mol. The lowest BCUT2D eigenvalue weighted by Gasteiger charge is -2.15. The number of amides is 1. The first-order valence-corrected chi connectivity index (χ1v) is 6.64. The summed E-state index contributed by atoms with van der Waals surface area (Å²) < 4.78 is 36.1. The summed E-state index contributed by atoms with van der Waals surface area (Å²) >= 11 is 0. The highest BCUT2D eigenvalue weighted by Gasteiger charge is 2.27. The van der Waals surface area contributed by atoms with E-state index in [1.54, 1.807) is 0 Å². The lowest BCUT2D eigenvalue weighted by molar-refractivity contribution is -0.135. The van der Waals surface area contributed by atoms with Crippen LogP contribution in [0.15, 0.2) is 24.3 Å². The first-order chi connectivity index (χ1) is 9.46. The van der Waals surface area contributed by atoms with Crippen molar-refractivity contribution < 1.29 is 18.0 Å². The minimum Gasteiger partial charge on any atom is -0.324 e. The van der Waals surface area contributed by atoms with Crippen molar-refractivity contribution in [1.82, 2.24) is 5.32 Å². The summed E-state index contributed by atoms with van der Waals surface area (Å²) in [6, 6.07) is 7.09. The molecule has 3 nitrogen and oxygen atoms in total. The van der Waals surface area contributed by atoms with Crippen molar-refractivity contribution in [3.63, 3.8) is 0 Å². The van der Waals surface area contributed by atoms with Crippen LogP contribution in [-0.2, 0) is 11.2 Å². The van der Waals surface area contributed by atoms with Gasteiger partial charge >= 0.3 is 6.18 Å². The van der Waals surface area contributed by atoms with Crippen molar-refractivity contribution >= 4 is 11.6 Å². The highest BCUT2D eigenvalue weighted by molar-refractivity contribution is 5.96. The molecule has 0 spiro atoms. The normalized spacial score (nSPS) is 19.1. The van der Waals surface area contributed by atoms with Gasteiger partial charge in [0, 0.05) is 12.1 Å². The quantitative estimate of drug-likeness (QED) is 0.836. The van der Waals surface area contributed by atoms with Crippen LogP contribution in [0.3, 0.4) is 0 Å². The second kappa shape index (κ2) is 6.26. The van der Waals surface area contributed by atoms with E-state index in [1.165, 1.54) is 0 Å². The summed E-state index contributed by atoms with van der Waals surface area (Å²) in [5.74, 6) is -0.179. The van der Waals surface area contributed by atoms with Crippen molar-refractivity contribution in [2.24, 2.45) is 0 Å². The average Bonchev–Trinajstić information content (AvgIpc) is 2.53. The van der Waals surface area contributed by atoms with Gasteiger partial charge in [-0.1, -0.05) is 18.2 Å². The number of nitrogens with one attached hydrogen (secondary N) is 2. The predicted octanol–water partition coefficient (Wildman–Crippen LogP) is 2.87. The summed E-state index contributed by atoms with van der Waals surface area (Å²) in [5.41, 5.74) is 1.84. The molecule has 2 N–H and O–H groups in total. The Kier molecular flexibility index (Phi) is 4.65. The summed E-state index contributed by atoms with van der Waals surface area (Å²) in [7, 11) is 0. The number of carbonyl (C=O) groups is 1. The topological polar surface area (TPSA) is 41.1 Å². The number of hydrogen-bond donors (Lipinski definition) is 2. The standard InChI is InChI=1S/C14H17F3N2O/c15-14(16,17)8-3-9-18-12-7-6-10-4-1-2-5-11(10)19-13(12)20/h1-2,4-5,12,18H,3,6-9H2,(H,19,20). The van der Waals surface area contributed by atoms with Gasteiger partial charge in [0.25, 0.3) is 0 Å². The Morgan fingerprint density at radius 3 is 2.80 bits per heavy atom. The van der Waals surface area contributed by atoms with Crippen LogP contribution in [0.2, 0.25) is 0 Å². The minimum atomic E-state index is -4.14. The van der Waals surface area contributed by atoms with Gasteiger partial charge in [-0.2, -0.15) is 13.2 Å². The molecule has 0 bridgehead atoms. The van der Waals surface area contributed by atoms with Crippen molar-refractivity contribution in [3.8, 4) is 0 Å². The molecule has 0 radical (unpaired) electrons. The van der Waals surface area contributed by atoms with Crippen LogP contribution < -0.4 is 10.6 Å².